The fourth-order valence-electron chi connectivity index (χ4n) is 4.46. The first-order valence-corrected chi connectivity index (χ1v) is 14.5. The average molecular weight is 530 g/mol. The first-order valence-electron chi connectivity index (χ1n) is 14.5. The molecule has 0 unspecified atom stereocenters. The largest absolute Gasteiger partial charge is 0.460 e. The maximum atomic E-state index is 13.8. The molecule has 208 valence electrons. The molecule has 5 heteroatoms. The monoisotopic (exact) mass is 529 g/mol. The molecule has 39 heavy (non-hydrogen) atoms. The summed E-state index contributed by atoms with van der Waals surface area (Å²) in [6, 6.07) is 12.6. The second-order valence-electron chi connectivity index (χ2n) is 10.4. The van der Waals surface area contributed by atoms with Crippen LogP contribution in [0.2, 0.25) is 0 Å². The summed E-state index contributed by atoms with van der Waals surface area (Å²) in [5.41, 5.74) is 3.00. The van der Waals surface area contributed by atoms with E-state index in [1.807, 2.05) is 38.1 Å². The third-order valence-electron chi connectivity index (χ3n) is 6.66. The molecule has 0 aliphatic rings. The highest BCUT2D eigenvalue weighted by molar-refractivity contribution is 6.17. The van der Waals surface area contributed by atoms with Gasteiger partial charge in [0.05, 0.1) is 23.8 Å². The molecule has 2 aromatic carbocycles. The maximum absolute atomic E-state index is 13.8. The Labute approximate surface area is 233 Å². The lowest BCUT2D eigenvalue weighted by molar-refractivity contribution is 0.0378. The molecule has 0 spiro atoms. The van der Waals surface area contributed by atoms with Crippen molar-refractivity contribution in [1.29, 1.82) is 0 Å². The minimum Gasteiger partial charge on any atom is -0.460 e. The van der Waals surface area contributed by atoms with E-state index in [1.165, 1.54) is 25.7 Å². The van der Waals surface area contributed by atoms with E-state index in [0.29, 0.717) is 39.8 Å². The predicted octanol–water partition coefficient (Wildman–Crippen LogP) is 7.83. The molecule has 1 aromatic heterocycles. The number of carbonyl (C=O) groups is 2. The van der Waals surface area contributed by atoms with E-state index in [-0.39, 0.29) is 11.9 Å². The number of rotatable bonds is 14. The van der Waals surface area contributed by atoms with Gasteiger partial charge < -0.3 is 9.15 Å². The summed E-state index contributed by atoms with van der Waals surface area (Å²) in [5.74, 6) is 6.71. The summed E-state index contributed by atoms with van der Waals surface area (Å²) in [6.07, 6.45) is 7.06. The molecular weight excluding hydrogens is 486 g/mol. The molecule has 1 heterocycles. The van der Waals surface area contributed by atoms with Crippen molar-refractivity contribution in [3.05, 3.63) is 70.5 Å². The first kappa shape index (κ1) is 30.2. The van der Waals surface area contributed by atoms with E-state index in [1.54, 1.807) is 18.2 Å². The summed E-state index contributed by atoms with van der Waals surface area (Å²) >= 11 is 0. The molecule has 5 nitrogen and oxygen atoms in total. The van der Waals surface area contributed by atoms with Gasteiger partial charge >= 0.3 is 5.97 Å². The Morgan fingerprint density at radius 1 is 0.897 bits per heavy atom. The van der Waals surface area contributed by atoms with Crippen LogP contribution in [0.3, 0.4) is 0 Å². The topological polar surface area (TPSA) is 59.8 Å². The molecule has 3 aromatic rings. The highest BCUT2D eigenvalue weighted by Crippen LogP contribution is 2.31. The minimum atomic E-state index is -0.410. The van der Waals surface area contributed by atoms with E-state index in [2.05, 4.69) is 37.5 Å². The van der Waals surface area contributed by atoms with Gasteiger partial charge in [0.1, 0.15) is 11.3 Å². The zero-order chi connectivity index (χ0) is 28.2. The van der Waals surface area contributed by atoms with Crippen molar-refractivity contribution < 1.29 is 18.7 Å². The molecule has 0 saturated carbocycles. The third-order valence-corrected chi connectivity index (χ3v) is 6.66. The van der Waals surface area contributed by atoms with Crippen molar-refractivity contribution in [2.24, 2.45) is 0 Å². The van der Waals surface area contributed by atoms with Gasteiger partial charge in [-0.15, -0.1) is 0 Å². The van der Waals surface area contributed by atoms with Crippen LogP contribution in [0.15, 0.2) is 46.9 Å². The van der Waals surface area contributed by atoms with E-state index in [0.717, 1.165) is 38.0 Å². The molecule has 0 N–H and O–H groups in total. The van der Waals surface area contributed by atoms with E-state index in [4.69, 9.17) is 9.15 Å². The van der Waals surface area contributed by atoms with E-state index >= 15 is 0 Å². The summed E-state index contributed by atoms with van der Waals surface area (Å²) < 4.78 is 11.5. The van der Waals surface area contributed by atoms with Gasteiger partial charge in [0, 0.05) is 22.9 Å². The van der Waals surface area contributed by atoms with Gasteiger partial charge in [-0.3, -0.25) is 9.69 Å². The lowest BCUT2D eigenvalue weighted by Crippen LogP contribution is -2.26. The van der Waals surface area contributed by atoms with Gasteiger partial charge in [0.2, 0.25) is 0 Å². The summed E-state index contributed by atoms with van der Waals surface area (Å²) in [5, 5.41) is 0.646. The fraction of sp³-hybridized carbons (Fsp3) is 0.471. The Hall–Kier alpha value is -3.36. The maximum Gasteiger partial charge on any atom is 0.338 e. The molecule has 0 fully saturated rings. The quantitative estimate of drug-likeness (QED) is 0.121. The first-order chi connectivity index (χ1) is 18.9. The molecule has 0 amide bonds. The van der Waals surface area contributed by atoms with Crippen molar-refractivity contribution in [1.82, 2.24) is 4.90 Å². The number of nitrogens with zero attached hydrogens (tertiary/aromatic N) is 1. The molecule has 3 rings (SSSR count). The number of hydrogen-bond donors (Lipinski definition) is 0. The zero-order valence-corrected chi connectivity index (χ0v) is 24.3. The molecule has 0 aliphatic carbocycles. The number of benzene rings is 2. The van der Waals surface area contributed by atoms with Crippen LogP contribution in [0, 0.1) is 11.8 Å². The van der Waals surface area contributed by atoms with Crippen LogP contribution in [0.5, 0.6) is 0 Å². The van der Waals surface area contributed by atoms with Crippen LogP contribution < -0.4 is 0 Å². The number of ether oxygens (including phenoxy) is 1. The van der Waals surface area contributed by atoms with Crippen molar-refractivity contribution in [3.8, 4) is 11.8 Å². The van der Waals surface area contributed by atoms with Gasteiger partial charge in [-0.1, -0.05) is 51.9 Å². The number of unbranched alkanes of at least 4 members (excludes halogenated alkanes) is 3. The molecule has 0 saturated heterocycles. The second-order valence-corrected chi connectivity index (χ2v) is 10.4. The summed E-state index contributed by atoms with van der Waals surface area (Å²) in [6.45, 7) is 13.1. The lowest BCUT2D eigenvalue weighted by Gasteiger charge is -2.18. The van der Waals surface area contributed by atoms with Gasteiger partial charge in [0.15, 0.2) is 5.78 Å². The number of esters is 1. The molecular formula is C34H43NO4. The second kappa shape index (κ2) is 15.3. The number of fused-ring (bicyclic) bond motifs is 1. The van der Waals surface area contributed by atoms with Gasteiger partial charge in [-0.05, 0) is 88.7 Å². The molecule has 0 radical (unpaired) electrons. The van der Waals surface area contributed by atoms with E-state index in [9.17, 15) is 9.59 Å². The normalized spacial score (nSPS) is 11.2. The van der Waals surface area contributed by atoms with Crippen LogP contribution in [-0.2, 0) is 11.2 Å². The Morgan fingerprint density at radius 3 is 2.15 bits per heavy atom. The predicted molar refractivity (Wildman–Crippen MR) is 158 cm³/mol. The van der Waals surface area contributed by atoms with Crippen LogP contribution in [0.4, 0.5) is 0 Å². The minimum absolute atomic E-state index is 0.112. The number of ketones is 1. The van der Waals surface area contributed by atoms with Crippen molar-refractivity contribution in [2.75, 3.05) is 19.6 Å². The van der Waals surface area contributed by atoms with Crippen molar-refractivity contribution >= 4 is 22.7 Å². The fourth-order valence-corrected chi connectivity index (χ4v) is 4.46. The number of hydrogen-bond acceptors (Lipinski definition) is 5. The summed E-state index contributed by atoms with van der Waals surface area (Å²) in [4.78, 5) is 28.7. The third kappa shape index (κ3) is 8.57. The Morgan fingerprint density at radius 2 is 1.54 bits per heavy atom. The van der Waals surface area contributed by atoms with Crippen LogP contribution in [0.25, 0.3) is 11.0 Å². The van der Waals surface area contributed by atoms with Crippen molar-refractivity contribution in [3.63, 3.8) is 0 Å². The molecule has 0 bridgehead atoms. The van der Waals surface area contributed by atoms with Crippen LogP contribution in [0.1, 0.15) is 111 Å². The smallest absolute Gasteiger partial charge is 0.338 e. The van der Waals surface area contributed by atoms with Gasteiger partial charge in [-0.2, -0.15) is 0 Å². The van der Waals surface area contributed by atoms with Gasteiger partial charge in [-0.25, -0.2) is 4.79 Å². The number of carbonyl (C=O) groups excluding carboxylic acids is 2. The molecule has 0 atom stereocenters. The Bertz CT molecular complexity index is 1280. The number of aryl methyl sites for hydroxylation is 1. The molecule has 0 aliphatic heterocycles. The van der Waals surface area contributed by atoms with Crippen molar-refractivity contribution in [2.45, 2.75) is 85.7 Å². The standard InChI is InChI=1S/C34H43NO4/c1-6-9-14-31-32(29-24-28(19-20-30(29)39-31)34(37)38-25(4)5)33(36)27-17-15-26(16-18-27)13-12-23-35(21-10-7-2)22-11-8-3/h15-20,24-25H,6-11,14,21-23H2,1-5H3. The SMILES string of the molecule is CCCCc1oc2ccc(C(=O)OC(C)C)cc2c1C(=O)c1ccc(C#CCN(CCCC)CCCC)cc1. The van der Waals surface area contributed by atoms with Crippen LogP contribution >= 0.6 is 0 Å². The van der Waals surface area contributed by atoms with E-state index < -0.39 is 5.97 Å². The average Bonchev–Trinajstić information content (AvgIpc) is 3.30. The lowest BCUT2D eigenvalue weighted by atomic mass is 9.97. The summed E-state index contributed by atoms with van der Waals surface area (Å²) in [7, 11) is 0. The number of furan rings is 1. The zero-order valence-electron chi connectivity index (χ0n) is 24.3. The van der Waals surface area contributed by atoms with Crippen LogP contribution in [-0.4, -0.2) is 42.4 Å². The van der Waals surface area contributed by atoms with Gasteiger partial charge in [0.25, 0.3) is 0 Å². The highest BCUT2D eigenvalue weighted by Gasteiger charge is 2.23. The Kier molecular flexibility index (Phi) is 11.8. The highest BCUT2D eigenvalue weighted by atomic mass is 16.5. The Balaban J connectivity index is 1.85.